The van der Waals surface area contributed by atoms with E-state index in [1.165, 1.54) is 18.2 Å². The van der Waals surface area contributed by atoms with Gasteiger partial charge in [0.05, 0.1) is 17.3 Å². The van der Waals surface area contributed by atoms with Gasteiger partial charge in [0.25, 0.3) is 5.56 Å². The SMILES string of the molecule is O=C(Cc1ccc(F)c(F)c1)Nn1c(CC2CC2)nc2cc(F)ccc2c1=O. The van der Waals surface area contributed by atoms with E-state index in [-0.39, 0.29) is 22.9 Å². The van der Waals surface area contributed by atoms with Crippen LogP contribution in [0.4, 0.5) is 13.2 Å². The van der Waals surface area contributed by atoms with E-state index in [4.69, 9.17) is 0 Å². The maximum absolute atomic E-state index is 13.5. The molecule has 0 aliphatic heterocycles. The van der Waals surface area contributed by atoms with Gasteiger partial charge in [0.2, 0.25) is 5.91 Å². The summed E-state index contributed by atoms with van der Waals surface area (Å²) in [5.74, 6) is -2.42. The normalized spacial score (nSPS) is 13.7. The summed E-state index contributed by atoms with van der Waals surface area (Å²) in [6.07, 6.45) is 2.24. The lowest BCUT2D eigenvalue weighted by Gasteiger charge is -2.14. The molecule has 144 valence electrons. The highest BCUT2D eigenvalue weighted by Gasteiger charge is 2.25. The molecule has 1 aromatic heterocycles. The van der Waals surface area contributed by atoms with Crippen molar-refractivity contribution in [3.8, 4) is 0 Å². The van der Waals surface area contributed by atoms with Crippen LogP contribution in [-0.2, 0) is 17.6 Å². The van der Waals surface area contributed by atoms with E-state index in [9.17, 15) is 22.8 Å². The Morgan fingerprint density at radius 3 is 2.61 bits per heavy atom. The number of benzene rings is 2. The molecular formula is C20H16F3N3O2. The number of carbonyl (C=O) groups excluding carboxylic acids is 1. The van der Waals surface area contributed by atoms with E-state index in [2.05, 4.69) is 10.4 Å². The number of rotatable bonds is 5. The number of hydrogen-bond acceptors (Lipinski definition) is 3. The van der Waals surface area contributed by atoms with Gasteiger partial charge in [-0.2, -0.15) is 0 Å². The molecule has 1 heterocycles. The predicted molar refractivity (Wildman–Crippen MR) is 96.8 cm³/mol. The Hall–Kier alpha value is -3.16. The second-order valence-electron chi connectivity index (χ2n) is 6.94. The number of fused-ring (bicyclic) bond motifs is 1. The van der Waals surface area contributed by atoms with Gasteiger partial charge >= 0.3 is 0 Å². The zero-order chi connectivity index (χ0) is 19.8. The monoisotopic (exact) mass is 387 g/mol. The maximum Gasteiger partial charge on any atom is 0.280 e. The van der Waals surface area contributed by atoms with Gasteiger partial charge in [-0.3, -0.25) is 15.0 Å². The highest BCUT2D eigenvalue weighted by Crippen LogP contribution is 2.32. The molecule has 1 amide bonds. The lowest BCUT2D eigenvalue weighted by molar-refractivity contribution is -0.116. The summed E-state index contributed by atoms with van der Waals surface area (Å²) >= 11 is 0. The summed E-state index contributed by atoms with van der Waals surface area (Å²) in [6, 6.07) is 6.82. The molecule has 1 saturated carbocycles. The minimum atomic E-state index is -1.05. The maximum atomic E-state index is 13.5. The van der Waals surface area contributed by atoms with E-state index in [1.54, 1.807) is 0 Å². The third kappa shape index (κ3) is 3.76. The fraction of sp³-hybridized carbons (Fsp3) is 0.250. The number of hydrogen-bond donors (Lipinski definition) is 1. The molecule has 1 aliphatic rings. The van der Waals surface area contributed by atoms with Crippen LogP contribution in [0, 0.1) is 23.4 Å². The summed E-state index contributed by atoms with van der Waals surface area (Å²) in [5, 5.41) is 0.175. The summed E-state index contributed by atoms with van der Waals surface area (Å²) in [6.45, 7) is 0. The zero-order valence-corrected chi connectivity index (χ0v) is 14.7. The molecule has 0 saturated heterocycles. The molecular weight excluding hydrogens is 371 g/mol. The minimum Gasteiger partial charge on any atom is -0.273 e. The van der Waals surface area contributed by atoms with Crippen LogP contribution in [0.5, 0.6) is 0 Å². The van der Waals surface area contributed by atoms with Crippen LogP contribution >= 0.6 is 0 Å². The van der Waals surface area contributed by atoms with Crippen molar-refractivity contribution in [1.82, 2.24) is 9.66 Å². The van der Waals surface area contributed by atoms with Gasteiger partial charge in [-0.15, -0.1) is 0 Å². The van der Waals surface area contributed by atoms with Crippen LogP contribution in [0.2, 0.25) is 0 Å². The fourth-order valence-electron chi connectivity index (χ4n) is 3.04. The molecule has 28 heavy (non-hydrogen) atoms. The summed E-state index contributed by atoms with van der Waals surface area (Å²) < 4.78 is 41.0. The van der Waals surface area contributed by atoms with Crippen molar-refractivity contribution in [3.63, 3.8) is 0 Å². The molecule has 1 fully saturated rings. The predicted octanol–water partition coefficient (Wildman–Crippen LogP) is 3.08. The molecule has 1 aliphatic carbocycles. The average molecular weight is 387 g/mol. The van der Waals surface area contributed by atoms with Crippen LogP contribution in [0.1, 0.15) is 24.2 Å². The van der Waals surface area contributed by atoms with Crippen molar-refractivity contribution in [2.24, 2.45) is 5.92 Å². The second-order valence-corrected chi connectivity index (χ2v) is 6.94. The second kappa shape index (κ2) is 7.10. The summed E-state index contributed by atoms with van der Waals surface area (Å²) in [4.78, 5) is 29.6. The van der Waals surface area contributed by atoms with Gasteiger partial charge in [-0.25, -0.2) is 22.8 Å². The van der Waals surface area contributed by atoms with Crippen LogP contribution in [0.25, 0.3) is 10.9 Å². The molecule has 1 N–H and O–H groups in total. The largest absolute Gasteiger partial charge is 0.280 e. The standard InChI is InChI=1S/C20H16F3N3O2/c21-13-4-5-14-17(10-13)24-18(8-11-1-2-11)26(20(14)28)25-19(27)9-12-3-6-15(22)16(23)7-12/h3-7,10-11H,1-2,8-9H2,(H,25,27). The Labute approximate surface area is 157 Å². The van der Waals surface area contributed by atoms with Gasteiger partial charge in [-0.05, 0) is 48.6 Å². The number of nitrogens with one attached hydrogen (secondary N) is 1. The van der Waals surface area contributed by atoms with Gasteiger partial charge in [-0.1, -0.05) is 6.07 Å². The lowest BCUT2D eigenvalue weighted by Crippen LogP contribution is -2.37. The van der Waals surface area contributed by atoms with Gasteiger partial charge in [0.1, 0.15) is 11.6 Å². The molecule has 2 aromatic carbocycles. The molecule has 0 unspecified atom stereocenters. The van der Waals surface area contributed by atoms with E-state index in [1.807, 2.05) is 0 Å². The van der Waals surface area contributed by atoms with Crippen LogP contribution in [0.3, 0.4) is 0 Å². The van der Waals surface area contributed by atoms with Gasteiger partial charge in [0, 0.05) is 12.5 Å². The number of nitrogens with zero attached hydrogens (tertiary/aromatic N) is 2. The van der Waals surface area contributed by atoms with Crippen molar-refractivity contribution < 1.29 is 18.0 Å². The lowest BCUT2D eigenvalue weighted by atomic mass is 10.1. The molecule has 4 rings (SSSR count). The van der Waals surface area contributed by atoms with Crippen molar-refractivity contribution in [1.29, 1.82) is 0 Å². The van der Waals surface area contributed by atoms with Gasteiger partial charge in [0.15, 0.2) is 11.6 Å². The molecule has 0 radical (unpaired) electrons. The van der Waals surface area contributed by atoms with E-state index >= 15 is 0 Å². The Morgan fingerprint density at radius 1 is 1.11 bits per heavy atom. The van der Waals surface area contributed by atoms with E-state index in [0.717, 1.165) is 35.7 Å². The Kier molecular flexibility index (Phi) is 4.62. The first kappa shape index (κ1) is 18.2. The van der Waals surface area contributed by atoms with Crippen LogP contribution in [0.15, 0.2) is 41.2 Å². The Bertz CT molecular complexity index is 1140. The quantitative estimate of drug-likeness (QED) is 0.732. The van der Waals surface area contributed by atoms with Crippen molar-refractivity contribution >= 4 is 16.8 Å². The first-order valence-corrected chi connectivity index (χ1v) is 8.85. The van der Waals surface area contributed by atoms with Crippen LogP contribution < -0.4 is 11.0 Å². The van der Waals surface area contributed by atoms with Crippen molar-refractivity contribution in [2.75, 3.05) is 5.43 Å². The molecule has 0 atom stereocenters. The highest BCUT2D eigenvalue weighted by atomic mass is 19.2. The summed E-state index contributed by atoms with van der Waals surface area (Å²) in [5.41, 5.74) is 2.48. The van der Waals surface area contributed by atoms with E-state index < -0.39 is 28.9 Å². The van der Waals surface area contributed by atoms with Crippen LogP contribution in [-0.4, -0.2) is 15.6 Å². The smallest absolute Gasteiger partial charge is 0.273 e. The van der Waals surface area contributed by atoms with E-state index in [0.29, 0.717) is 18.2 Å². The Morgan fingerprint density at radius 2 is 1.89 bits per heavy atom. The molecule has 0 spiro atoms. The molecule has 5 nitrogen and oxygen atoms in total. The number of carbonyl (C=O) groups is 1. The Balaban J connectivity index is 1.66. The third-order valence-corrected chi connectivity index (χ3v) is 4.65. The fourth-order valence-corrected chi connectivity index (χ4v) is 3.04. The minimum absolute atomic E-state index is 0.175. The molecule has 3 aromatic rings. The number of amides is 1. The third-order valence-electron chi connectivity index (χ3n) is 4.65. The van der Waals surface area contributed by atoms with Gasteiger partial charge < -0.3 is 0 Å². The summed E-state index contributed by atoms with van der Waals surface area (Å²) in [7, 11) is 0. The number of halogens is 3. The van der Waals surface area contributed by atoms with Crippen molar-refractivity contribution in [2.45, 2.75) is 25.7 Å². The van der Waals surface area contributed by atoms with Crippen molar-refractivity contribution in [3.05, 3.63) is 75.6 Å². The molecule has 8 heteroatoms. The molecule has 0 bridgehead atoms. The highest BCUT2D eigenvalue weighted by molar-refractivity contribution is 5.86. The first-order valence-electron chi connectivity index (χ1n) is 8.85. The average Bonchev–Trinajstić information content (AvgIpc) is 3.45. The first-order chi connectivity index (χ1) is 13.4. The zero-order valence-electron chi connectivity index (χ0n) is 14.7. The topological polar surface area (TPSA) is 64.0 Å². The number of aromatic nitrogens is 2.